The lowest BCUT2D eigenvalue weighted by atomic mass is 10.3. The highest BCUT2D eigenvalue weighted by molar-refractivity contribution is 9.10. The Kier molecular flexibility index (Phi) is 4.13. The molecule has 3 heteroatoms. The van der Waals surface area contributed by atoms with Crippen LogP contribution in [0.4, 0.5) is 5.69 Å². The number of hydrogen-bond acceptors (Lipinski definition) is 2. The van der Waals surface area contributed by atoms with Gasteiger partial charge in [0.15, 0.2) is 0 Å². The van der Waals surface area contributed by atoms with Gasteiger partial charge in [-0.05, 0) is 42.5 Å². The molecule has 1 nitrogen and oxygen atoms in total. The maximum Gasteiger partial charge on any atom is 0.0361 e. The molecule has 0 saturated carbocycles. The van der Waals surface area contributed by atoms with E-state index in [-0.39, 0.29) is 0 Å². The highest BCUT2D eigenvalue weighted by atomic mass is 79.9. The van der Waals surface area contributed by atoms with Crippen LogP contribution in [0.2, 0.25) is 0 Å². The molecule has 0 heterocycles. The van der Waals surface area contributed by atoms with Crippen LogP contribution in [0.3, 0.4) is 0 Å². The first-order valence-electron chi connectivity index (χ1n) is 5.36. The number of benzene rings is 2. The fraction of sp³-hybridized carbons (Fsp3) is 0.143. The summed E-state index contributed by atoms with van der Waals surface area (Å²) < 4.78 is 1.12. The van der Waals surface area contributed by atoms with Crippen molar-refractivity contribution in [3.05, 3.63) is 53.0 Å². The van der Waals surface area contributed by atoms with E-state index in [4.69, 9.17) is 0 Å². The van der Waals surface area contributed by atoms with E-state index in [1.54, 1.807) is 11.8 Å². The molecule has 2 aromatic rings. The average Bonchev–Trinajstić information content (AvgIpc) is 2.29. The van der Waals surface area contributed by atoms with Crippen LogP contribution in [0.25, 0.3) is 0 Å². The second-order valence-electron chi connectivity index (χ2n) is 3.95. The molecule has 2 aromatic carbocycles. The smallest absolute Gasteiger partial charge is 0.0361 e. The first-order chi connectivity index (χ1) is 8.15. The van der Waals surface area contributed by atoms with E-state index >= 15 is 0 Å². The third-order valence-electron chi connectivity index (χ3n) is 2.38. The molecule has 0 amide bonds. The Morgan fingerprint density at radius 1 is 0.941 bits per heavy atom. The predicted octanol–water partition coefficient (Wildman–Crippen LogP) is 4.67. The van der Waals surface area contributed by atoms with Gasteiger partial charge in [-0.2, -0.15) is 0 Å². The summed E-state index contributed by atoms with van der Waals surface area (Å²) in [7, 11) is 4.10. The quantitative estimate of drug-likeness (QED) is 0.811. The van der Waals surface area contributed by atoms with Gasteiger partial charge in [-0.25, -0.2) is 0 Å². The van der Waals surface area contributed by atoms with Gasteiger partial charge >= 0.3 is 0 Å². The maximum absolute atomic E-state index is 3.49. The van der Waals surface area contributed by atoms with Crippen LogP contribution in [-0.4, -0.2) is 14.1 Å². The molecular formula is C14H14BrNS. The molecule has 0 unspecified atom stereocenters. The Balaban J connectivity index is 2.14. The fourth-order valence-electron chi connectivity index (χ4n) is 1.48. The van der Waals surface area contributed by atoms with Crippen LogP contribution < -0.4 is 4.90 Å². The topological polar surface area (TPSA) is 3.24 Å². The summed E-state index contributed by atoms with van der Waals surface area (Å²) >= 11 is 5.26. The van der Waals surface area contributed by atoms with Crippen LogP contribution in [0.1, 0.15) is 0 Å². The summed E-state index contributed by atoms with van der Waals surface area (Å²) in [4.78, 5) is 4.61. The molecule has 0 aliphatic carbocycles. The van der Waals surface area contributed by atoms with Crippen molar-refractivity contribution < 1.29 is 0 Å². The van der Waals surface area contributed by atoms with Crippen molar-refractivity contribution in [1.82, 2.24) is 0 Å². The van der Waals surface area contributed by atoms with Crippen molar-refractivity contribution in [2.24, 2.45) is 0 Å². The molecule has 0 aromatic heterocycles. The van der Waals surface area contributed by atoms with Crippen LogP contribution in [-0.2, 0) is 0 Å². The molecule has 0 aliphatic heterocycles. The average molecular weight is 308 g/mol. The molecule has 0 aliphatic rings. The molecule has 2 rings (SSSR count). The van der Waals surface area contributed by atoms with Crippen molar-refractivity contribution in [2.45, 2.75) is 9.79 Å². The van der Waals surface area contributed by atoms with Crippen molar-refractivity contribution in [3.8, 4) is 0 Å². The van der Waals surface area contributed by atoms with Gasteiger partial charge in [-0.1, -0.05) is 33.8 Å². The van der Waals surface area contributed by atoms with Gasteiger partial charge in [0.2, 0.25) is 0 Å². The van der Waals surface area contributed by atoms with E-state index in [0.29, 0.717) is 0 Å². The van der Waals surface area contributed by atoms with E-state index in [0.717, 1.165) is 4.47 Å². The van der Waals surface area contributed by atoms with Crippen LogP contribution >= 0.6 is 27.7 Å². The van der Waals surface area contributed by atoms with E-state index in [1.807, 2.05) is 6.07 Å². The SMILES string of the molecule is CN(C)c1ccc(Sc2cccc(Br)c2)cc1. The number of anilines is 1. The van der Waals surface area contributed by atoms with Gasteiger partial charge < -0.3 is 4.90 Å². The zero-order valence-electron chi connectivity index (χ0n) is 9.85. The Morgan fingerprint density at radius 3 is 2.24 bits per heavy atom. The Labute approximate surface area is 115 Å². The summed E-state index contributed by atoms with van der Waals surface area (Å²) in [6.07, 6.45) is 0. The highest BCUT2D eigenvalue weighted by Gasteiger charge is 1.99. The largest absolute Gasteiger partial charge is 0.378 e. The lowest BCUT2D eigenvalue weighted by molar-refractivity contribution is 1.13. The van der Waals surface area contributed by atoms with Crippen molar-refractivity contribution in [1.29, 1.82) is 0 Å². The van der Waals surface area contributed by atoms with E-state index < -0.39 is 0 Å². The summed E-state index contributed by atoms with van der Waals surface area (Å²) in [5.74, 6) is 0. The van der Waals surface area contributed by atoms with Crippen LogP contribution in [0.15, 0.2) is 62.8 Å². The van der Waals surface area contributed by atoms with Gasteiger partial charge in [-0.3, -0.25) is 0 Å². The second-order valence-corrected chi connectivity index (χ2v) is 6.01. The van der Waals surface area contributed by atoms with Gasteiger partial charge in [0.05, 0.1) is 0 Å². The summed E-state index contributed by atoms with van der Waals surface area (Å²) in [6, 6.07) is 16.9. The minimum atomic E-state index is 1.12. The third-order valence-corrected chi connectivity index (χ3v) is 3.88. The molecular weight excluding hydrogens is 294 g/mol. The summed E-state index contributed by atoms with van der Waals surface area (Å²) in [5.41, 5.74) is 1.23. The van der Waals surface area contributed by atoms with Gasteiger partial charge in [-0.15, -0.1) is 0 Å². The third kappa shape index (κ3) is 3.51. The summed E-state index contributed by atoms with van der Waals surface area (Å²) in [5, 5.41) is 0. The lowest BCUT2D eigenvalue weighted by Crippen LogP contribution is -2.07. The van der Waals surface area contributed by atoms with Gasteiger partial charge in [0, 0.05) is 34.0 Å². The van der Waals surface area contributed by atoms with Gasteiger partial charge in [0.1, 0.15) is 0 Å². The minimum Gasteiger partial charge on any atom is -0.378 e. The standard InChI is InChI=1S/C14H14BrNS/c1-16(2)12-6-8-13(9-7-12)17-14-5-3-4-11(15)10-14/h3-10H,1-2H3. The normalized spacial score (nSPS) is 10.3. The second kappa shape index (κ2) is 5.61. The number of halogens is 1. The molecule has 0 atom stereocenters. The van der Waals surface area contributed by atoms with Crippen LogP contribution in [0, 0.1) is 0 Å². The zero-order valence-corrected chi connectivity index (χ0v) is 12.3. The number of nitrogens with zero attached hydrogens (tertiary/aromatic N) is 1. The molecule has 0 spiro atoms. The predicted molar refractivity (Wildman–Crippen MR) is 79.0 cm³/mol. The minimum absolute atomic E-state index is 1.12. The first-order valence-corrected chi connectivity index (χ1v) is 6.97. The molecule has 0 bridgehead atoms. The highest BCUT2D eigenvalue weighted by Crippen LogP contribution is 2.30. The monoisotopic (exact) mass is 307 g/mol. The Bertz CT molecular complexity index is 494. The molecule has 0 radical (unpaired) electrons. The van der Waals surface area contributed by atoms with Crippen molar-refractivity contribution in [2.75, 3.05) is 19.0 Å². The fourth-order valence-corrected chi connectivity index (χ4v) is 2.91. The van der Waals surface area contributed by atoms with Crippen LogP contribution in [0.5, 0.6) is 0 Å². The van der Waals surface area contributed by atoms with Crippen molar-refractivity contribution in [3.63, 3.8) is 0 Å². The molecule has 17 heavy (non-hydrogen) atoms. The van der Waals surface area contributed by atoms with Gasteiger partial charge in [0.25, 0.3) is 0 Å². The lowest BCUT2D eigenvalue weighted by Gasteiger charge is -2.12. The first kappa shape index (κ1) is 12.5. The summed E-state index contributed by atoms with van der Waals surface area (Å²) in [6.45, 7) is 0. The number of rotatable bonds is 3. The number of hydrogen-bond donors (Lipinski definition) is 0. The molecule has 0 saturated heterocycles. The van der Waals surface area contributed by atoms with E-state index in [2.05, 4.69) is 77.4 Å². The maximum atomic E-state index is 3.49. The molecule has 88 valence electrons. The van der Waals surface area contributed by atoms with E-state index in [1.165, 1.54) is 15.5 Å². The Hall–Kier alpha value is -0.930. The van der Waals surface area contributed by atoms with Crippen molar-refractivity contribution >= 4 is 33.4 Å². The zero-order chi connectivity index (χ0) is 12.3. The molecule has 0 fully saturated rings. The molecule has 0 N–H and O–H groups in total. The Morgan fingerprint density at radius 2 is 1.65 bits per heavy atom. The van der Waals surface area contributed by atoms with E-state index in [9.17, 15) is 0 Å².